The smallest absolute Gasteiger partial charge is 0.244 e. The van der Waals surface area contributed by atoms with Crippen LogP contribution in [0.2, 0.25) is 0 Å². The number of benzene rings is 1. The second-order valence-corrected chi connectivity index (χ2v) is 10.6. The van der Waals surface area contributed by atoms with Crippen molar-refractivity contribution in [2.24, 2.45) is 11.8 Å². The van der Waals surface area contributed by atoms with E-state index < -0.39 is 29.7 Å². The molecule has 0 saturated heterocycles. The maximum atomic E-state index is 12.8. The van der Waals surface area contributed by atoms with E-state index in [-0.39, 0.29) is 63.2 Å². The minimum atomic E-state index is -0.964. The van der Waals surface area contributed by atoms with E-state index in [1.807, 2.05) is 38.1 Å². The molecule has 0 heterocycles. The van der Waals surface area contributed by atoms with Gasteiger partial charge in [-0.2, -0.15) is 0 Å². The largest absolute Gasteiger partial charge is 0.379 e. The van der Waals surface area contributed by atoms with E-state index in [0.717, 1.165) is 9.13 Å². The summed E-state index contributed by atoms with van der Waals surface area (Å²) in [6.45, 7) is 4.89. The zero-order valence-corrected chi connectivity index (χ0v) is 24.8. The Morgan fingerprint density at radius 3 is 2.21 bits per heavy atom. The first-order chi connectivity index (χ1) is 18.5. The van der Waals surface area contributed by atoms with E-state index in [4.69, 9.17) is 9.94 Å². The summed E-state index contributed by atoms with van der Waals surface area (Å²) >= 11 is 2.22. The van der Waals surface area contributed by atoms with E-state index in [2.05, 4.69) is 43.9 Å². The molecule has 0 bridgehead atoms. The number of ether oxygens (including phenoxy) is 1. The van der Waals surface area contributed by atoms with Crippen LogP contribution in [0.4, 0.5) is 0 Å². The molecule has 0 radical (unpaired) electrons. The Labute approximate surface area is 242 Å². The van der Waals surface area contributed by atoms with Crippen molar-refractivity contribution in [1.29, 1.82) is 0 Å². The summed E-state index contributed by atoms with van der Waals surface area (Å²) in [6.07, 6.45) is 0.387. The van der Waals surface area contributed by atoms with E-state index in [0.29, 0.717) is 13.0 Å². The molecular formula is C26H40IN5O7. The zero-order valence-electron chi connectivity index (χ0n) is 22.7. The fraction of sp³-hybridized carbons (Fsp3) is 0.577. The third-order valence-corrected chi connectivity index (χ3v) is 6.39. The zero-order chi connectivity index (χ0) is 29.2. The van der Waals surface area contributed by atoms with Crippen LogP contribution in [-0.4, -0.2) is 67.6 Å². The molecule has 0 fully saturated rings. The first-order valence-corrected chi connectivity index (χ1v) is 13.9. The normalized spacial score (nSPS) is 12.3. The van der Waals surface area contributed by atoms with Gasteiger partial charge in [-0.3, -0.25) is 29.2 Å². The van der Waals surface area contributed by atoms with Gasteiger partial charge in [-0.05, 0) is 59.0 Å². The van der Waals surface area contributed by atoms with Crippen molar-refractivity contribution in [3.05, 3.63) is 33.4 Å². The third-order valence-electron chi connectivity index (χ3n) is 5.67. The molecule has 0 aromatic heterocycles. The highest BCUT2D eigenvalue weighted by Gasteiger charge is 2.27. The molecule has 1 rings (SSSR count). The van der Waals surface area contributed by atoms with Crippen molar-refractivity contribution >= 4 is 52.1 Å². The number of likely N-dealkylation sites (N-methyl/N-ethyl adjacent to an activating group) is 1. The first kappa shape index (κ1) is 34.2. The SMILES string of the molecule is CNC(=O)[C@H](CCC(=O)NCCOCCC(=O)NCc1ccc(I)cc1)NC(=O)[C@@H](CC(=O)NO)CC(C)C. The summed E-state index contributed by atoms with van der Waals surface area (Å²) in [4.78, 5) is 60.8. The maximum Gasteiger partial charge on any atom is 0.244 e. The van der Waals surface area contributed by atoms with Gasteiger partial charge in [-0.15, -0.1) is 0 Å². The highest BCUT2D eigenvalue weighted by Crippen LogP contribution is 2.16. The fourth-order valence-corrected chi connectivity index (χ4v) is 4.00. The minimum absolute atomic E-state index is 0.0225. The molecule has 1 aromatic carbocycles. The predicted octanol–water partition coefficient (Wildman–Crippen LogP) is 0.999. The van der Waals surface area contributed by atoms with Gasteiger partial charge >= 0.3 is 0 Å². The summed E-state index contributed by atoms with van der Waals surface area (Å²) in [5.74, 6) is -2.75. The molecular weight excluding hydrogens is 621 g/mol. The van der Waals surface area contributed by atoms with Gasteiger partial charge in [-0.1, -0.05) is 26.0 Å². The van der Waals surface area contributed by atoms with Crippen molar-refractivity contribution in [3.63, 3.8) is 0 Å². The van der Waals surface area contributed by atoms with Crippen molar-refractivity contribution in [2.75, 3.05) is 26.8 Å². The second-order valence-electron chi connectivity index (χ2n) is 9.40. The topological polar surface area (TPSA) is 175 Å². The second kappa shape index (κ2) is 19.3. The van der Waals surface area contributed by atoms with Gasteiger partial charge < -0.3 is 26.0 Å². The van der Waals surface area contributed by atoms with Crippen LogP contribution in [0.25, 0.3) is 0 Å². The van der Waals surface area contributed by atoms with Crippen LogP contribution in [0, 0.1) is 15.4 Å². The van der Waals surface area contributed by atoms with E-state index in [1.165, 1.54) is 12.5 Å². The van der Waals surface area contributed by atoms with Crippen molar-refractivity contribution in [1.82, 2.24) is 26.7 Å². The highest BCUT2D eigenvalue weighted by atomic mass is 127. The molecule has 0 saturated carbocycles. The molecule has 218 valence electrons. The quantitative estimate of drug-likeness (QED) is 0.0589. The van der Waals surface area contributed by atoms with Crippen LogP contribution in [-0.2, 0) is 35.3 Å². The number of carbonyl (C=O) groups is 5. The summed E-state index contributed by atoms with van der Waals surface area (Å²) in [7, 11) is 1.42. The van der Waals surface area contributed by atoms with Gasteiger partial charge in [0.05, 0.1) is 13.2 Å². The van der Waals surface area contributed by atoms with E-state index in [1.54, 1.807) is 0 Å². The lowest BCUT2D eigenvalue weighted by Crippen LogP contribution is -2.48. The van der Waals surface area contributed by atoms with Crippen LogP contribution in [0.1, 0.15) is 51.5 Å². The molecule has 0 spiro atoms. The Bertz CT molecular complexity index is 943. The van der Waals surface area contributed by atoms with E-state index >= 15 is 0 Å². The third kappa shape index (κ3) is 15.4. The first-order valence-electron chi connectivity index (χ1n) is 12.9. The number of hydrogen-bond donors (Lipinski definition) is 6. The van der Waals surface area contributed by atoms with Crippen LogP contribution < -0.4 is 26.7 Å². The Morgan fingerprint density at radius 1 is 0.923 bits per heavy atom. The van der Waals surface area contributed by atoms with Crippen molar-refractivity contribution < 1.29 is 33.9 Å². The number of rotatable bonds is 18. The summed E-state index contributed by atoms with van der Waals surface area (Å²) in [5, 5.41) is 19.4. The Kier molecular flexibility index (Phi) is 17.0. The molecule has 0 aliphatic rings. The average Bonchev–Trinajstić information content (AvgIpc) is 2.91. The van der Waals surface area contributed by atoms with Crippen LogP contribution in [0.5, 0.6) is 0 Å². The highest BCUT2D eigenvalue weighted by molar-refractivity contribution is 14.1. The molecule has 1 aromatic rings. The molecule has 0 unspecified atom stereocenters. The number of halogens is 1. The molecule has 0 aliphatic heterocycles. The number of hydroxylamine groups is 1. The number of hydrogen-bond acceptors (Lipinski definition) is 7. The predicted molar refractivity (Wildman–Crippen MR) is 152 cm³/mol. The Hall–Kier alpha value is -2.78. The lowest BCUT2D eigenvalue weighted by molar-refractivity contribution is -0.136. The van der Waals surface area contributed by atoms with E-state index in [9.17, 15) is 24.0 Å². The van der Waals surface area contributed by atoms with Crippen LogP contribution >= 0.6 is 22.6 Å². The summed E-state index contributed by atoms with van der Waals surface area (Å²) in [5.41, 5.74) is 2.53. The van der Waals surface area contributed by atoms with Crippen molar-refractivity contribution in [2.45, 2.75) is 58.5 Å². The Morgan fingerprint density at radius 2 is 1.59 bits per heavy atom. The van der Waals surface area contributed by atoms with Crippen molar-refractivity contribution in [3.8, 4) is 0 Å². The summed E-state index contributed by atoms with van der Waals surface area (Å²) in [6, 6.07) is 6.89. The minimum Gasteiger partial charge on any atom is -0.379 e. The van der Waals surface area contributed by atoms with Gasteiger partial charge in [0.25, 0.3) is 0 Å². The fourth-order valence-electron chi connectivity index (χ4n) is 3.64. The lowest BCUT2D eigenvalue weighted by Gasteiger charge is -2.22. The molecule has 5 amide bonds. The van der Waals surface area contributed by atoms with Gasteiger partial charge in [-0.25, -0.2) is 5.48 Å². The van der Waals surface area contributed by atoms with Gasteiger partial charge in [0.1, 0.15) is 6.04 Å². The van der Waals surface area contributed by atoms with Gasteiger partial charge in [0.2, 0.25) is 29.5 Å². The van der Waals surface area contributed by atoms with Crippen LogP contribution in [0.15, 0.2) is 24.3 Å². The molecule has 0 aliphatic carbocycles. The number of nitrogens with one attached hydrogen (secondary N) is 5. The number of carbonyl (C=O) groups excluding carboxylic acids is 5. The summed E-state index contributed by atoms with van der Waals surface area (Å²) < 4.78 is 6.53. The monoisotopic (exact) mass is 661 g/mol. The molecule has 39 heavy (non-hydrogen) atoms. The van der Waals surface area contributed by atoms with Gasteiger partial charge in [0.15, 0.2) is 0 Å². The Balaban J connectivity index is 2.34. The molecule has 6 N–H and O–H groups in total. The number of amides is 5. The molecule has 12 nitrogen and oxygen atoms in total. The average molecular weight is 662 g/mol. The standard InChI is InChI=1S/C26H40IN5O7/c1-17(2)14-19(15-24(35)32-38)25(36)31-21(26(37)28-3)8-9-22(33)29-11-13-39-12-10-23(34)30-16-18-4-6-20(27)7-5-18/h4-7,17,19,21,38H,8-16H2,1-3H3,(H,28,37)(H,29,33)(H,30,34)(H,31,36)(H,32,35)/t19-,21+/m1/s1. The molecule has 13 heteroatoms. The lowest BCUT2D eigenvalue weighted by atomic mass is 9.92. The molecule has 2 atom stereocenters. The van der Waals surface area contributed by atoms with Crippen LogP contribution in [0.3, 0.4) is 0 Å². The maximum absolute atomic E-state index is 12.8. The van der Waals surface area contributed by atoms with Gasteiger partial charge in [0, 0.05) is 48.9 Å².